The van der Waals surface area contributed by atoms with Gasteiger partial charge in [-0.15, -0.1) is 0 Å². The lowest BCUT2D eigenvalue weighted by molar-refractivity contribution is 0.371. The van der Waals surface area contributed by atoms with Gasteiger partial charge in [0.05, 0.1) is 5.25 Å². The van der Waals surface area contributed by atoms with Crippen molar-refractivity contribution in [1.82, 2.24) is 15.5 Å². The minimum Gasteiger partial charge on any atom is -0.339 e. The Kier molecular flexibility index (Phi) is 4.02. The van der Waals surface area contributed by atoms with Gasteiger partial charge in [-0.1, -0.05) is 11.6 Å². The quantitative estimate of drug-likeness (QED) is 0.850. The number of rotatable bonds is 4. The van der Waals surface area contributed by atoms with E-state index in [-0.39, 0.29) is 0 Å². The molecule has 1 unspecified atom stereocenters. The summed E-state index contributed by atoms with van der Waals surface area (Å²) in [4.78, 5) is 4.43. The molecule has 1 aliphatic rings. The van der Waals surface area contributed by atoms with Crippen molar-refractivity contribution in [3.8, 4) is 0 Å². The number of likely N-dealkylation sites (N-methyl/N-ethyl adjacent to an activating group) is 1. The van der Waals surface area contributed by atoms with Crippen molar-refractivity contribution in [2.45, 2.75) is 30.9 Å². The van der Waals surface area contributed by atoms with Gasteiger partial charge in [0.25, 0.3) is 0 Å². The molecule has 1 N–H and O–H groups in total. The first-order valence-corrected chi connectivity index (χ1v) is 6.53. The smallest absolute Gasteiger partial charge is 0.227 e. The van der Waals surface area contributed by atoms with E-state index in [2.05, 4.69) is 15.5 Å². The molecule has 1 saturated heterocycles. The molecule has 15 heavy (non-hydrogen) atoms. The van der Waals surface area contributed by atoms with Gasteiger partial charge in [0, 0.05) is 13.0 Å². The molecule has 0 spiro atoms. The summed E-state index contributed by atoms with van der Waals surface area (Å²) in [5, 5.41) is 7.59. The Hall–Kier alpha value is -0.550. The number of nitrogens with zero attached hydrogens (tertiary/aromatic N) is 2. The normalized spacial score (nSPS) is 21.8. The predicted octanol–water partition coefficient (Wildman–Crippen LogP) is 1.79. The van der Waals surface area contributed by atoms with E-state index in [0.717, 1.165) is 24.7 Å². The average molecular weight is 227 g/mol. The first-order valence-electron chi connectivity index (χ1n) is 5.49. The zero-order valence-corrected chi connectivity index (χ0v) is 9.85. The molecule has 0 amide bonds. The molecule has 1 fully saturated rings. The van der Waals surface area contributed by atoms with Crippen LogP contribution in [0.4, 0.5) is 0 Å². The van der Waals surface area contributed by atoms with E-state index in [1.54, 1.807) is 0 Å². The van der Waals surface area contributed by atoms with Crippen LogP contribution in [0.1, 0.15) is 36.2 Å². The summed E-state index contributed by atoms with van der Waals surface area (Å²) in [5.74, 6) is 2.88. The van der Waals surface area contributed by atoms with Crippen LogP contribution in [0.3, 0.4) is 0 Å². The third kappa shape index (κ3) is 2.95. The Bertz CT molecular complexity index is 297. The van der Waals surface area contributed by atoms with Gasteiger partial charge in [0.1, 0.15) is 0 Å². The number of hydrogen-bond acceptors (Lipinski definition) is 5. The topological polar surface area (TPSA) is 51.0 Å². The summed E-state index contributed by atoms with van der Waals surface area (Å²) in [6.45, 7) is 0.888. The Morgan fingerprint density at radius 3 is 3.20 bits per heavy atom. The molecule has 2 rings (SSSR count). The molecule has 1 aromatic heterocycles. The van der Waals surface area contributed by atoms with Gasteiger partial charge in [-0.2, -0.15) is 16.7 Å². The molecule has 5 heteroatoms. The van der Waals surface area contributed by atoms with Gasteiger partial charge in [0.15, 0.2) is 5.82 Å². The molecule has 0 saturated carbocycles. The van der Waals surface area contributed by atoms with Gasteiger partial charge >= 0.3 is 0 Å². The largest absolute Gasteiger partial charge is 0.339 e. The maximum atomic E-state index is 5.21. The fourth-order valence-corrected chi connectivity index (χ4v) is 2.91. The van der Waals surface area contributed by atoms with E-state index in [4.69, 9.17) is 4.52 Å². The zero-order chi connectivity index (χ0) is 10.5. The average Bonchev–Trinajstić information content (AvgIpc) is 2.76. The highest BCUT2D eigenvalue weighted by molar-refractivity contribution is 7.99. The molecule has 0 aliphatic carbocycles. The lowest BCUT2D eigenvalue weighted by Crippen LogP contribution is -2.10. The second-order valence-corrected chi connectivity index (χ2v) is 5.07. The maximum absolute atomic E-state index is 5.21. The standard InChI is InChI=1S/C10H17N3OS/c1-11-6-5-9-12-10(13-14-9)8-4-2-3-7-15-8/h8,11H,2-7H2,1H3. The summed E-state index contributed by atoms with van der Waals surface area (Å²) < 4.78 is 5.21. The molecule has 4 nitrogen and oxygen atoms in total. The Morgan fingerprint density at radius 1 is 1.53 bits per heavy atom. The summed E-state index contributed by atoms with van der Waals surface area (Å²) in [7, 11) is 1.92. The van der Waals surface area contributed by atoms with Gasteiger partial charge < -0.3 is 9.84 Å². The van der Waals surface area contributed by atoms with Crippen molar-refractivity contribution in [2.75, 3.05) is 19.3 Å². The highest BCUT2D eigenvalue weighted by Crippen LogP contribution is 2.36. The summed E-state index contributed by atoms with van der Waals surface area (Å²) in [6.07, 6.45) is 4.63. The lowest BCUT2D eigenvalue weighted by Gasteiger charge is -2.17. The van der Waals surface area contributed by atoms with E-state index < -0.39 is 0 Å². The summed E-state index contributed by atoms with van der Waals surface area (Å²) in [5.41, 5.74) is 0. The maximum Gasteiger partial charge on any atom is 0.227 e. The second kappa shape index (κ2) is 5.51. The number of aromatic nitrogens is 2. The van der Waals surface area contributed by atoms with Crippen LogP contribution in [0.2, 0.25) is 0 Å². The molecule has 1 aromatic rings. The van der Waals surface area contributed by atoms with E-state index in [0.29, 0.717) is 5.25 Å². The van der Waals surface area contributed by atoms with Crippen LogP contribution in [-0.2, 0) is 6.42 Å². The first kappa shape index (κ1) is 11.0. The van der Waals surface area contributed by atoms with Crippen molar-refractivity contribution in [1.29, 1.82) is 0 Å². The van der Waals surface area contributed by atoms with Crippen molar-refractivity contribution >= 4 is 11.8 Å². The SMILES string of the molecule is CNCCc1nc(C2CCCCS2)no1. The van der Waals surface area contributed by atoms with Gasteiger partial charge in [-0.25, -0.2) is 0 Å². The molecule has 84 valence electrons. The first-order chi connectivity index (χ1) is 7.40. The molecule has 0 radical (unpaired) electrons. The molecule has 2 heterocycles. The zero-order valence-electron chi connectivity index (χ0n) is 9.03. The van der Waals surface area contributed by atoms with Crippen molar-refractivity contribution < 1.29 is 4.52 Å². The molecule has 1 aliphatic heterocycles. The monoisotopic (exact) mass is 227 g/mol. The molecular formula is C10H17N3OS. The van der Waals surface area contributed by atoms with Crippen LogP contribution in [0.5, 0.6) is 0 Å². The van der Waals surface area contributed by atoms with Crippen LogP contribution in [0, 0.1) is 0 Å². The van der Waals surface area contributed by atoms with Crippen LogP contribution < -0.4 is 5.32 Å². The van der Waals surface area contributed by atoms with E-state index in [1.165, 1.54) is 25.0 Å². The Morgan fingerprint density at radius 2 is 2.47 bits per heavy atom. The second-order valence-electron chi connectivity index (χ2n) is 3.76. The Balaban J connectivity index is 1.93. The van der Waals surface area contributed by atoms with Crippen LogP contribution in [-0.4, -0.2) is 29.5 Å². The summed E-state index contributed by atoms with van der Waals surface area (Å²) >= 11 is 1.95. The van der Waals surface area contributed by atoms with Crippen molar-refractivity contribution in [3.63, 3.8) is 0 Å². The van der Waals surface area contributed by atoms with Gasteiger partial charge in [-0.3, -0.25) is 0 Å². The van der Waals surface area contributed by atoms with Crippen LogP contribution >= 0.6 is 11.8 Å². The van der Waals surface area contributed by atoms with E-state index >= 15 is 0 Å². The van der Waals surface area contributed by atoms with Crippen molar-refractivity contribution in [2.24, 2.45) is 0 Å². The van der Waals surface area contributed by atoms with Gasteiger partial charge in [-0.05, 0) is 25.6 Å². The van der Waals surface area contributed by atoms with Gasteiger partial charge in [0.2, 0.25) is 5.89 Å². The fraction of sp³-hybridized carbons (Fsp3) is 0.800. The minimum atomic E-state index is 0.464. The number of thioether (sulfide) groups is 1. The third-order valence-electron chi connectivity index (χ3n) is 2.54. The Labute approximate surface area is 94.2 Å². The molecule has 0 bridgehead atoms. The molecular weight excluding hydrogens is 210 g/mol. The van der Waals surface area contributed by atoms with Crippen LogP contribution in [0.25, 0.3) is 0 Å². The van der Waals surface area contributed by atoms with E-state index in [1.807, 2.05) is 18.8 Å². The minimum absolute atomic E-state index is 0.464. The third-order valence-corrected chi connectivity index (χ3v) is 3.91. The fourth-order valence-electron chi connectivity index (χ4n) is 1.68. The molecule has 0 aromatic carbocycles. The van der Waals surface area contributed by atoms with Crippen molar-refractivity contribution in [3.05, 3.63) is 11.7 Å². The summed E-state index contributed by atoms with van der Waals surface area (Å²) in [6, 6.07) is 0. The highest BCUT2D eigenvalue weighted by Gasteiger charge is 2.21. The number of hydrogen-bond donors (Lipinski definition) is 1. The van der Waals surface area contributed by atoms with E-state index in [9.17, 15) is 0 Å². The van der Waals surface area contributed by atoms with Crippen LogP contribution in [0.15, 0.2) is 4.52 Å². The highest BCUT2D eigenvalue weighted by atomic mass is 32.2. The predicted molar refractivity (Wildman–Crippen MR) is 61.0 cm³/mol. The number of nitrogens with one attached hydrogen (secondary N) is 1. The lowest BCUT2D eigenvalue weighted by atomic mass is 10.2. The molecule has 1 atom stereocenters.